The van der Waals surface area contributed by atoms with Gasteiger partial charge in [0.25, 0.3) is 0 Å². The summed E-state index contributed by atoms with van der Waals surface area (Å²) in [6.07, 6.45) is 2.19. The monoisotopic (exact) mass is 356 g/mol. The minimum atomic E-state index is -0.262. The summed E-state index contributed by atoms with van der Waals surface area (Å²) in [4.78, 5) is 25.6. The lowest BCUT2D eigenvalue weighted by Crippen LogP contribution is -2.46. The smallest absolute Gasteiger partial charge is 0.224 e. The Morgan fingerprint density at radius 3 is 2.62 bits per heavy atom. The molecule has 26 heavy (non-hydrogen) atoms. The van der Waals surface area contributed by atoms with Crippen LogP contribution >= 0.6 is 0 Å². The second-order valence-corrected chi connectivity index (χ2v) is 7.12. The molecular formula is C20H25FN4O. The summed E-state index contributed by atoms with van der Waals surface area (Å²) < 4.78 is 13.2. The number of hydrogen-bond acceptors (Lipinski definition) is 4. The molecule has 1 unspecified atom stereocenters. The number of benzene rings is 1. The largest absolute Gasteiger partial charge is 0.354 e. The number of carbonyl (C=O) groups is 1. The SMILES string of the molecule is Cc1nccc(N2CCC(=O)N(Cc3ccc(F)cc3)C(C(C)C)C2)n1. The van der Waals surface area contributed by atoms with Crippen LogP contribution in [0.15, 0.2) is 36.5 Å². The molecule has 2 heterocycles. The number of aryl methyl sites for hydroxylation is 1. The van der Waals surface area contributed by atoms with Crippen molar-refractivity contribution in [3.05, 3.63) is 53.7 Å². The van der Waals surface area contributed by atoms with E-state index >= 15 is 0 Å². The number of anilines is 1. The van der Waals surface area contributed by atoms with E-state index in [4.69, 9.17) is 0 Å². The van der Waals surface area contributed by atoms with Crippen LogP contribution in [-0.4, -0.2) is 39.9 Å². The van der Waals surface area contributed by atoms with Gasteiger partial charge in [-0.05, 0) is 36.6 Å². The fraction of sp³-hybridized carbons (Fsp3) is 0.450. The fourth-order valence-electron chi connectivity index (χ4n) is 3.37. The number of carbonyl (C=O) groups excluding carboxylic acids is 1. The van der Waals surface area contributed by atoms with Crippen LogP contribution in [0, 0.1) is 18.7 Å². The molecule has 138 valence electrons. The van der Waals surface area contributed by atoms with Crippen molar-refractivity contribution in [2.75, 3.05) is 18.0 Å². The van der Waals surface area contributed by atoms with Gasteiger partial charge in [-0.1, -0.05) is 26.0 Å². The second kappa shape index (κ2) is 7.81. The molecular weight excluding hydrogens is 331 g/mol. The van der Waals surface area contributed by atoms with E-state index in [-0.39, 0.29) is 17.8 Å². The van der Waals surface area contributed by atoms with E-state index in [1.165, 1.54) is 12.1 Å². The Balaban J connectivity index is 1.85. The number of rotatable bonds is 4. The highest BCUT2D eigenvalue weighted by Gasteiger charge is 2.32. The molecule has 1 fully saturated rings. The lowest BCUT2D eigenvalue weighted by molar-refractivity contribution is -0.134. The van der Waals surface area contributed by atoms with Gasteiger partial charge in [-0.2, -0.15) is 0 Å². The Labute approximate surface area is 153 Å². The van der Waals surface area contributed by atoms with Crippen molar-refractivity contribution in [3.63, 3.8) is 0 Å². The second-order valence-electron chi connectivity index (χ2n) is 7.12. The first kappa shape index (κ1) is 18.3. The summed E-state index contributed by atoms with van der Waals surface area (Å²) in [7, 11) is 0. The first-order chi connectivity index (χ1) is 12.4. The van der Waals surface area contributed by atoms with Crippen molar-refractivity contribution >= 4 is 11.7 Å². The average Bonchev–Trinajstić information content (AvgIpc) is 2.77. The van der Waals surface area contributed by atoms with Crippen LogP contribution in [0.25, 0.3) is 0 Å². The van der Waals surface area contributed by atoms with E-state index in [0.717, 1.165) is 23.8 Å². The van der Waals surface area contributed by atoms with Gasteiger partial charge < -0.3 is 9.80 Å². The summed E-state index contributed by atoms with van der Waals surface area (Å²) in [5, 5.41) is 0. The predicted molar refractivity (Wildman–Crippen MR) is 99.2 cm³/mol. The topological polar surface area (TPSA) is 49.3 Å². The molecule has 0 aliphatic carbocycles. The summed E-state index contributed by atoms with van der Waals surface area (Å²) in [5.41, 5.74) is 0.941. The normalized spacial score (nSPS) is 18.3. The molecule has 1 saturated heterocycles. The van der Waals surface area contributed by atoms with Gasteiger partial charge in [0, 0.05) is 32.3 Å². The quantitative estimate of drug-likeness (QED) is 0.844. The Bertz CT molecular complexity index is 763. The van der Waals surface area contributed by atoms with Crippen LogP contribution in [0.1, 0.15) is 31.7 Å². The maximum absolute atomic E-state index is 13.2. The zero-order chi connectivity index (χ0) is 18.7. The Morgan fingerprint density at radius 2 is 1.96 bits per heavy atom. The molecule has 1 aliphatic rings. The van der Waals surface area contributed by atoms with Crippen molar-refractivity contribution in [1.29, 1.82) is 0 Å². The van der Waals surface area contributed by atoms with Gasteiger partial charge in [0.15, 0.2) is 0 Å². The van der Waals surface area contributed by atoms with E-state index in [0.29, 0.717) is 25.4 Å². The average molecular weight is 356 g/mol. The van der Waals surface area contributed by atoms with Gasteiger partial charge in [0.05, 0.1) is 6.04 Å². The van der Waals surface area contributed by atoms with Crippen molar-refractivity contribution in [2.24, 2.45) is 5.92 Å². The molecule has 3 rings (SSSR count). The summed E-state index contributed by atoms with van der Waals surface area (Å²) in [6.45, 7) is 7.99. The highest BCUT2D eigenvalue weighted by Crippen LogP contribution is 2.23. The molecule has 5 nitrogen and oxygen atoms in total. The predicted octanol–water partition coefficient (Wildman–Crippen LogP) is 3.19. The third-order valence-corrected chi connectivity index (χ3v) is 4.84. The standard InChI is InChI=1S/C20H25FN4O/c1-14(2)18-13-24(19-8-10-22-15(3)23-19)11-9-20(26)25(18)12-16-4-6-17(21)7-5-16/h4-8,10,14,18H,9,11-13H2,1-3H3. The maximum atomic E-state index is 13.2. The lowest BCUT2D eigenvalue weighted by atomic mass is 10.0. The molecule has 1 aliphatic heterocycles. The minimum Gasteiger partial charge on any atom is -0.354 e. The zero-order valence-corrected chi connectivity index (χ0v) is 15.5. The van der Waals surface area contributed by atoms with Gasteiger partial charge in [0.2, 0.25) is 5.91 Å². The summed E-state index contributed by atoms with van der Waals surface area (Å²) in [5.74, 6) is 1.74. The van der Waals surface area contributed by atoms with Gasteiger partial charge in [-0.15, -0.1) is 0 Å². The third kappa shape index (κ3) is 4.18. The number of aromatic nitrogens is 2. The highest BCUT2D eigenvalue weighted by molar-refractivity contribution is 5.78. The van der Waals surface area contributed by atoms with Crippen molar-refractivity contribution in [2.45, 2.75) is 39.8 Å². The van der Waals surface area contributed by atoms with E-state index < -0.39 is 0 Å². The molecule has 0 radical (unpaired) electrons. The minimum absolute atomic E-state index is 0.0605. The van der Waals surface area contributed by atoms with Gasteiger partial charge in [0.1, 0.15) is 17.5 Å². The highest BCUT2D eigenvalue weighted by atomic mass is 19.1. The molecule has 1 atom stereocenters. The first-order valence-electron chi connectivity index (χ1n) is 9.02. The fourth-order valence-corrected chi connectivity index (χ4v) is 3.37. The number of amides is 1. The lowest BCUT2D eigenvalue weighted by Gasteiger charge is -2.35. The maximum Gasteiger partial charge on any atom is 0.224 e. The first-order valence-corrected chi connectivity index (χ1v) is 9.02. The van der Waals surface area contributed by atoms with Gasteiger partial charge >= 0.3 is 0 Å². The molecule has 1 aromatic carbocycles. The Hall–Kier alpha value is -2.50. The van der Waals surface area contributed by atoms with Gasteiger partial charge in [-0.3, -0.25) is 4.79 Å². The number of halogens is 1. The molecule has 1 amide bonds. The summed E-state index contributed by atoms with van der Waals surface area (Å²) in [6, 6.07) is 8.33. The van der Waals surface area contributed by atoms with Gasteiger partial charge in [-0.25, -0.2) is 14.4 Å². The molecule has 0 spiro atoms. The van der Waals surface area contributed by atoms with Crippen molar-refractivity contribution in [1.82, 2.24) is 14.9 Å². The van der Waals surface area contributed by atoms with Crippen LogP contribution in [-0.2, 0) is 11.3 Å². The van der Waals surface area contributed by atoms with E-state index in [9.17, 15) is 9.18 Å². The zero-order valence-electron chi connectivity index (χ0n) is 15.5. The third-order valence-electron chi connectivity index (χ3n) is 4.84. The molecule has 0 N–H and O–H groups in total. The van der Waals surface area contributed by atoms with Crippen molar-refractivity contribution < 1.29 is 9.18 Å². The molecule has 2 aromatic rings. The van der Waals surface area contributed by atoms with Crippen LogP contribution in [0.2, 0.25) is 0 Å². The number of hydrogen-bond donors (Lipinski definition) is 0. The van der Waals surface area contributed by atoms with E-state index in [1.807, 2.05) is 17.9 Å². The Morgan fingerprint density at radius 1 is 1.23 bits per heavy atom. The van der Waals surface area contributed by atoms with E-state index in [2.05, 4.69) is 28.7 Å². The van der Waals surface area contributed by atoms with Crippen LogP contribution in [0.5, 0.6) is 0 Å². The molecule has 0 bridgehead atoms. The van der Waals surface area contributed by atoms with Crippen LogP contribution in [0.4, 0.5) is 10.2 Å². The van der Waals surface area contributed by atoms with Crippen LogP contribution in [0.3, 0.4) is 0 Å². The van der Waals surface area contributed by atoms with E-state index in [1.54, 1.807) is 18.3 Å². The molecule has 0 saturated carbocycles. The van der Waals surface area contributed by atoms with Crippen molar-refractivity contribution in [3.8, 4) is 0 Å². The molecule has 1 aromatic heterocycles. The number of nitrogens with zero attached hydrogens (tertiary/aromatic N) is 4. The molecule has 6 heteroatoms. The van der Waals surface area contributed by atoms with Crippen LogP contribution < -0.4 is 4.90 Å². The Kier molecular flexibility index (Phi) is 5.49. The summed E-state index contributed by atoms with van der Waals surface area (Å²) >= 11 is 0.